The van der Waals surface area contributed by atoms with Gasteiger partial charge in [-0.1, -0.05) is 6.92 Å². The van der Waals surface area contributed by atoms with Crippen molar-refractivity contribution in [2.75, 3.05) is 6.61 Å². The number of ketones is 1. The van der Waals surface area contributed by atoms with Gasteiger partial charge in [-0.15, -0.1) is 0 Å². The molecular weight excluding hydrogens is 196 g/mol. The number of carbonyl (C=O) groups excluding carboxylic acids is 1. The highest BCUT2D eigenvalue weighted by molar-refractivity contribution is 6.03. The molecule has 0 aromatic heterocycles. The second-order valence-corrected chi connectivity index (χ2v) is 3.59. The lowest BCUT2D eigenvalue weighted by molar-refractivity contribution is 0.0696. The van der Waals surface area contributed by atoms with E-state index in [1.807, 2.05) is 0 Å². The smallest absolute Gasteiger partial charge is 0.335 e. The van der Waals surface area contributed by atoms with Gasteiger partial charge in [-0.3, -0.25) is 4.79 Å². The normalized spacial score (nSPS) is 19.3. The molecule has 1 unspecified atom stereocenters. The van der Waals surface area contributed by atoms with Crippen LogP contribution in [0.2, 0.25) is 0 Å². The summed E-state index contributed by atoms with van der Waals surface area (Å²) in [4.78, 5) is 22.4. The van der Waals surface area contributed by atoms with Crippen LogP contribution < -0.4 is 4.74 Å². The minimum atomic E-state index is -1.04. The Morgan fingerprint density at radius 2 is 2.27 bits per heavy atom. The summed E-state index contributed by atoms with van der Waals surface area (Å²) in [6.45, 7) is 2.12. The maximum Gasteiger partial charge on any atom is 0.335 e. The zero-order chi connectivity index (χ0) is 11.0. The SMILES string of the molecule is CC1COc2ccc(C(=O)O)cc2C1=O. The summed E-state index contributed by atoms with van der Waals surface area (Å²) in [5, 5.41) is 8.79. The van der Waals surface area contributed by atoms with E-state index < -0.39 is 5.97 Å². The quantitative estimate of drug-likeness (QED) is 0.757. The summed E-state index contributed by atoms with van der Waals surface area (Å²) in [5.41, 5.74) is 0.480. The Bertz CT molecular complexity index is 436. The summed E-state index contributed by atoms with van der Waals surface area (Å²) in [6.07, 6.45) is 0. The van der Waals surface area contributed by atoms with E-state index in [0.717, 1.165) is 0 Å². The molecule has 1 heterocycles. The molecule has 0 amide bonds. The fourth-order valence-electron chi connectivity index (χ4n) is 1.54. The second kappa shape index (κ2) is 3.38. The number of rotatable bonds is 1. The largest absolute Gasteiger partial charge is 0.492 e. The lowest BCUT2D eigenvalue weighted by Gasteiger charge is -2.21. The maximum atomic E-state index is 11.7. The van der Waals surface area contributed by atoms with E-state index in [0.29, 0.717) is 17.9 Å². The van der Waals surface area contributed by atoms with Crippen LogP contribution in [-0.2, 0) is 0 Å². The van der Waals surface area contributed by atoms with E-state index in [9.17, 15) is 9.59 Å². The Kier molecular flexibility index (Phi) is 2.19. The fourth-order valence-corrected chi connectivity index (χ4v) is 1.54. The average molecular weight is 206 g/mol. The molecule has 1 aromatic carbocycles. The monoisotopic (exact) mass is 206 g/mol. The lowest BCUT2D eigenvalue weighted by Crippen LogP contribution is -2.25. The molecule has 2 rings (SSSR count). The van der Waals surface area contributed by atoms with Crippen LogP contribution in [0.5, 0.6) is 5.75 Å². The number of hydrogen-bond donors (Lipinski definition) is 1. The van der Waals surface area contributed by atoms with Crippen LogP contribution in [0.15, 0.2) is 18.2 Å². The molecule has 0 aliphatic carbocycles. The molecular formula is C11H10O4. The van der Waals surface area contributed by atoms with Gasteiger partial charge in [0.15, 0.2) is 5.78 Å². The Hall–Kier alpha value is -1.84. The van der Waals surface area contributed by atoms with Crippen LogP contribution in [0.4, 0.5) is 0 Å². The lowest BCUT2D eigenvalue weighted by atomic mass is 9.95. The summed E-state index contributed by atoms with van der Waals surface area (Å²) in [6, 6.07) is 4.34. The Morgan fingerprint density at radius 3 is 2.93 bits per heavy atom. The second-order valence-electron chi connectivity index (χ2n) is 3.59. The van der Waals surface area contributed by atoms with Gasteiger partial charge in [0.1, 0.15) is 5.75 Å². The number of carbonyl (C=O) groups is 2. The van der Waals surface area contributed by atoms with Crippen molar-refractivity contribution < 1.29 is 19.4 Å². The molecule has 1 N–H and O–H groups in total. The van der Waals surface area contributed by atoms with E-state index in [4.69, 9.17) is 9.84 Å². The Morgan fingerprint density at radius 1 is 1.53 bits per heavy atom. The highest BCUT2D eigenvalue weighted by Crippen LogP contribution is 2.27. The molecule has 1 aliphatic rings. The Labute approximate surface area is 86.5 Å². The molecule has 0 bridgehead atoms. The molecule has 4 heteroatoms. The number of carboxylic acid groups (broad SMARTS) is 1. The zero-order valence-corrected chi connectivity index (χ0v) is 8.19. The van der Waals surface area contributed by atoms with Gasteiger partial charge in [-0.25, -0.2) is 4.79 Å². The number of ether oxygens (including phenoxy) is 1. The van der Waals surface area contributed by atoms with Crippen LogP contribution in [0.3, 0.4) is 0 Å². The minimum Gasteiger partial charge on any atom is -0.492 e. The number of carboxylic acids is 1. The Balaban J connectivity index is 2.50. The van der Waals surface area contributed by atoms with Gasteiger partial charge in [0.25, 0.3) is 0 Å². The number of hydrogen-bond acceptors (Lipinski definition) is 3. The molecule has 78 valence electrons. The molecule has 15 heavy (non-hydrogen) atoms. The summed E-state index contributed by atoms with van der Waals surface area (Å²) in [7, 11) is 0. The first kappa shape index (κ1) is 9.71. The van der Waals surface area contributed by atoms with E-state index >= 15 is 0 Å². The molecule has 0 radical (unpaired) electrons. The van der Waals surface area contributed by atoms with Gasteiger partial charge in [0, 0.05) is 0 Å². The number of fused-ring (bicyclic) bond motifs is 1. The molecule has 0 saturated heterocycles. The number of aromatic carboxylic acids is 1. The third kappa shape index (κ3) is 1.58. The van der Waals surface area contributed by atoms with Crippen molar-refractivity contribution in [3.8, 4) is 5.75 Å². The van der Waals surface area contributed by atoms with Crippen LogP contribution in [0, 0.1) is 5.92 Å². The van der Waals surface area contributed by atoms with Gasteiger partial charge < -0.3 is 9.84 Å². The van der Waals surface area contributed by atoms with Gasteiger partial charge in [-0.05, 0) is 18.2 Å². The van der Waals surface area contributed by atoms with Crippen molar-refractivity contribution in [3.63, 3.8) is 0 Å². The first-order chi connectivity index (χ1) is 7.09. The van der Waals surface area contributed by atoms with Gasteiger partial charge >= 0.3 is 5.97 Å². The van der Waals surface area contributed by atoms with E-state index in [-0.39, 0.29) is 17.3 Å². The molecule has 1 atom stereocenters. The minimum absolute atomic E-state index is 0.0562. The van der Waals surface area contributed by atoms with Gasteiger partial charge in [0.05, 0.1) is 23.7 Å². The van der Waals surface area contributed by atoms with Crippen LogP contribution in [-0.4, -0.2) is 23.5 Å². The van der Waals surface area contributed by atoms with Crippen molar-refractivity contribution in [3.05, 3.63) is 29.3 Å². The van der Waals surface area contributed by atoms with Crippen molar-refractivity contribution in [1.82, 2.24) is 0 Å². The van der Waals surface area contributed by atoms with Gasteiger partial charge in [0.2, 0.25) is 0 Å². The van der Waals surface area contributed by atoms with Crippen molar-refractivity contribution in [2.24, 2.45) is 5.92 Å². The molecule has 1 aliphatic heterocycles. The van der Waals surface area contributed by atoms with Gasteiger partial charge in [-0.2, -0.15) is 0 Å². The average Bonchev–Trinajstić information content (AvgIpc) is 2.23. The molecule has 0 spiro atoms. The summed E-state index contributed by atoms with van der Waals surface area (Å²) < 4.78 is 5.33. The van der Waals surface area contributed by atoms with Crippen LogP contribution in [0.1, 0.15) is 27.6 Å². The summed E-state index contributed by atoms with van der Waals surface area (Å²) >= 11 is 0. The molecule has 1 aromatic rings. The highest BCUT2D eigenvalue weighted by Gasteiger charge is 2.26. The number of Topliss-reactive ketones (excluding diaryl/α,β-unsaturated/α-hetero) is 1. The van der Waals surface area contributed by atoms with Crippen molar-refractivity contribution in [2.45, 2.75) is 6.92 Å². The van der Waals surface area contributed by atoms with Crippen LogP contribution >= 0.6 is 0 Å². The first-order valence-corrected chi connectivity index (χ1v) is 4.64. The highest BCUT2D eigenvalue weighted by atomic mass is 16.5. The third-order valence-electron chi connectivity index (χ3n) is 2.43. The summed E-state index contributed by atoms with van der Waals surface area (Å²) in [5.74, 6) is -0.826. The first-order valence-electron chi connectivity index (χ1n) is 4.64. The van der Waals surface area contributed by atoms with E-state index in [1.165, 1.54) is 18.2 Å². The van der Waals surface area contributed by atoms with E-state index in [2.05, 4.69) is 0 Å². The topological polar surface area (TPSA) is 63.6 Å². The third-order valence-corrected chi connectivity index (χ3v) is 2.43. The fraction of sp³-hybridized carbons (Fsp3) is 0.273. The standard InChI is InChI=1S/C11H10O4/c1-6-5-15-9-3-2-7(11(13)14)4-8(9)10(6)12/h2-4,6H,5H2,1H3,(H,13,14). The predicted octanol–water partition coefficient (Wildman–Crippen LogP) is 1.60. The predicted molar refractivity (Wildman–Crippen MR) is 52.4 cm³/mol. The zero-order valence-electron chi connectivity index (χ0n) is 8.19. The molecule has 4 nitrogen and oxygen atoms in total. The maximum absolute atomic E-state index is 11.7. The van der Waals surface area contributed by atoms with E-state index in [1.54, 1.807) is 6.92 Å². The number of benzene rings is 1. The van der Waals surface area contributed by atoms with Crippen LogP contribution in [0.25, 0.3) is 0 Å². The molecule has 0 saturated carbocycles. The van der Waals surface area contributed by atoms with Crippen molar-refractivity contribution in [1.29, 1.82) is 0 Å². The molecule has 0 fully saturated rings. The van der Waals surface area contributed by atoms with Crippen molar-refractivity contribution >= 4 is 11.8 Å².